The molecule has 0 aliphatic rings. The maximum atomic E-state index is 13.7. The summed E-state index contributed by atoms with van der Waals surface area (Å²) in [6, 6.07) is 12.9. The Hall–Kier alpha value is -2.80. The Morgan fingerprint density at radius 1 is 1.07 bits per heavy atom. The monoisotopic (exact) mass is 404 g/mol. The number of amides is 1. The Bertz CT molecular complexity index is 979. The van der Waals surface area contributed by atoms with Crippen molar-refractivity contribution >= 4 is 16.8 Å². The van der Waals surface area contributed by atoms with Crippen LogP contribution in [0, 0.1) is 0 Å². The molecule has 0 aliphatic heterocycles. The van der Waals surface area contributed by atoms with Gasteiger partial charge in [0, 0.05) is 29.4 Å². The highest BCUT2D eigenvalue weighted by Crippen LogP contribution is 2.40. The molecule has 3 aromatic rings. The van der Waals surface area contributed by atoms with Crippen LogP contribution in [0.1, 0.15) is 29.0 Å². The molecule has 1 atom stereocenters. The number of carbonyl (C=O) groups is 1. The second kappa shape index (κ2) is 8.69. The van der Waals surface area contributed by atoms with E-state index in [2.05, 4.69) is 10.3 Å². The number of halogens is 3. The number of H-pyrrole nitrogens is 1. The van der Waals surface area contributed by atoms with Crippen LogP contribution in [0.2, 0.25) is 0 Å². The minimum absolute atomic E-state index is 0.0578. The summed E-state index contributed by atoms with van der Waals surface area (Å²) in [4.78, 5) is 16.9. The SMILES string of the molecule is C[NH+](C)CCNC(=O)C[C@H](c1ccccc1C(F)(F)F)c1c[nH]c2ccccc12. The van der Waals surface area contributed by atoms with E-state index >= 15 is 0 Å². The lowest BCUT2D eigenvalue weighted by Gasteiger charge is -2.21. The van der Waals surface area contributed by atoms with Crippen molar-refractivity contribution in [2.75, 3.05) is 27.2 Å². The van der Waals surface area contributed by atoms with Gasteiger partial charge in [-0.1, -0.05) is 36.4 Å². The molecule has 3 N–H and O–H groups in total. The van der Waals surface area contributed by atoms with E-state index in [0.717, 1.165) is 23.5 Å². The fourth-order valence-electron chi connectivity index (χ4n) is 3.54. The lowest BCUT2D eigenvalue weighted by molar-refractivity contribution is -0.856. The van der Waals surface area contributed by atoms with Gasteiger partial charge in [-0.3, -0.25) is 4.79 Å². The van der Waals surface area contributed by atoms with Crippen LogP contribution in [0.25, 0.3) is 10.9 Å². The third-order valence-electron chi connectivity index (χ3n) is 4.97. The zero-order valence-electron chi connectivity index (χ0n) is 16.4. The van der Waals surface area contributed by atoms with Crippen LogP contribution in [-0.2, 0) is 11.0 Å². The van der Waals surface area contributed by atoms with Crippen molar-refractivity contribution in [3.63, 3.8) is 0 Å². The summed E-state index contributed by atoms with van der Waals surface area (Å²) < 4.78 is 41.0. The molecular formula is C22H25F3N3O+. The van der Waals surface area contributed by atoms with Gasteiger partial charge in [0.1, 0.15) is 0 Å². The van der Waals surface area contributed by atoms with E-state index in [4.69, 9.17) is 0 Å². The fraction of sp³-hybridized carbons (Fsp3) is 0.318. The number of aromatic amines is 1. The highest BCUT2D eigenvalue weighted by molar-refractivity contribution is 5.86. The molecule has 2 aromatic carbocycles. The van der Waals surface area contributed by atoms with Gasteiger partial charge < -0.3 is 15.2 Å². The van der Waals surface area contributed by atoms with Crippen LogP contribution in [0.3, 0.4) is 0 Å². The summed E-state index contributed by atoms with van der Waals surface area (Å²) in [5.74, 6) is -0.978. The zero-order valence-corrected chi connectivity index (χ0v) is 16.4. The number of quaternary nitrogens is 1. The number of benzene rings is 2. The van der Waals surface area contributed by atoms with E-state index in [1.165, 1.54) is 17.0 Å². The van der Waals surface area contributed by atoms with Gasteiger partial charge in [-0.15, -0.1) is 0 Å². The molecule has 0 spiro atoms. The van der Waals surface area contributed by atoms with Crippen molar-refractivity contribution in [2.45, 2.75) is 18.5 Å². The second-order valence-electron chi connectivity index (χ2n) is 7.44. The van der Waals surface area contributed by atoms with E-state index in [9.17, 15) is 18.0 Å². The van der Waals surface area contributed by atoms with Gasteiger partial charge in [0.25, 0.3) is 0 Å². The van der Waals surface area contributed by atoms with Crippen molar-refractivity contribution in [3.8, 4) is 0 Å². The smallest absolute Gasteiger partial charge is 0.361 e. The van der Waals surface area contributed by atoms with E-state index in [1.54, 1.807) is 12.3 Å². The van der Waals surface area contributed by atoms with Crippen LogP contribution in [0.5, 0.6) is 0 Å². The number of rotatable bonds is 7. The Kier molecular flexibility index (Phi) is 6.27. The first kappa shape index (κ1) is 20.9. The van der Waals surface area contributed by atoms with Gasteiger partial charge in [0.15, 0.2) is 0 Å². The van der Waals surface area contributed by atoms with Crippen molar-refractivity contribution in [3.05, 3.63) is 71.4 Å². The zero-order chi connectivity index (χ0) is 21.0. The third kappa shape index (κ3) is 4.98. The van der Waals surface area contributed by atoms with Gasteiger partial charge in [0.05, 0.1) is 32.7 Å². The molecule has 29 heavy (non-hydrogen) atoms. The van der Waals surface area contributed by atoms with Crippen molar-refractivity contribution in [2.24, 2.45) is 0 Å². The predicted octanol–water partition coefficient (Wildman–Crippen LogP) is 2.97. The van der Waals surface area contributed by atoms with E-state index in [-0.39, 0.29) is 17.9 Å². The fourth-order valence-corrected chi connectivity index (χ4v) is 3.54. The number of para-hydroxylation sites is 1. The highest BCUT2D eigenvalue weighted by Gasteiger charge is 2.36. The average Bonchev–Trinajstić information content (AvgIpc) is 3.09. The standard InChI is InChI=1S/C22H24F3N3O/c1-28(2)12-11-26-21(29)13-17(15-7-3-5-9-19(15)22(23,24)25)18-14-27-20-10-6-4-8-16(18)20/h3-10,14,17,27H,11-13H2,1-2H3,(H,26,29)/p+1/t17-/m1/s1. The van der Waals surface area contributed by atoms with Crippen LogP contribution < -0.4 is 10.2 Å². The molecule has 0 radical (unpaired) electrons. The maximum absolute atomic E-state index is 13.7. The van der Waals surface area contributed by atoms with Crippen LogP contribution >= 0.6 is 0 Å². The van der Waals surface area contributed by atoms with Crippen molar-refractivity contribution < 1.29 is 22.9 Å². The molecule has 1 heterocycles. The molecule has 4 nitrogen and oxygen atoms in total. The Labute approximate surface area is 167 Å². The van der Waals surface area contributed by atoms with Crippen molar-refractivity contribution in [1.82, 2.24) is 10.3 Å². The quantitative estimate of drug-likeness (QED) is 0.557. The number of nitrogens with one attached hydrogen (secondary N) is 3. The summed E-state index contributed by atoms with van der Waals surface area (Å²) in [7, 11) is 3.95. The van der Waals surface area contributed by atoms with Crippen LogP contribution in [-0.4, -0.2) is 38.1 Å². The van der Waals surface area contributed by atoms with Gasteiger partial charge in [-0.25, -0.2) is 0 Å². The van der Waals surface area contributed by atoms with E-state index < -0.39 is 17.7 Å². The molecule has 0 unspecified atom stereocenters. The summed E-state index contributed by atoms with van der Waals surface area (Å²) in [6.07, 6.45) is -2.84. The molecule has 0 saturated heterocycles. The lowest BCUT2D eigenvalue weighted by Crippen LogP contribution is -3.06. The maximum Gasteiger partial charge on any atom is 0.416 e. The number of likely N-dealkylation sites (N-methyl/N-ethyl adjacent to an activating group) is 1. The molecule has 0 saturated carbocycles. The first-order valence-corrected chi connectivity index (χ1v) is 9.55. The molecule has 7 heteroatoms. The summed E-state index contributed by atoms with van der Waals surface area (Å²) in [6.45, 7) is 1.21. The minimum Gasteiger partial charge on any atom is -0.361 e. The minimum atomic E-state index is -4.49. The second-order valence-corrected chi connectivity index (χ2v) is 7.44. The average molecular weight is 404 g/mol. The number of hydrogen-bond donors (Lipinski definition) is 3. The van der Waals surface area contributed by atoms with Crippen molar-refractivity contribution in [1.29, 1.82) is 0 Å². The summed E-state index contributed by atoms with van der Waals surface area (Å²) >= 11 is 0. The molecular weight excluding hydrogens is 379 g/mol. The number of hydrogen-bond acceptors (Lipinski definition) is 1. The number of fused-ring (bicyclic) bond motifs is 1. The van der Waals surface area contributed by atoms with E-state index in [0.29, 0.717) is 12.1 Å². The first-order valence-electron chi connectivity index (χ1n) is 9.55. The molecule has 1 amide bonds. The Morgan fingerprint density at radius 2 is 1.76 bits per heavy atom. The molecule has 1 aromatic heterocycles. The largest absolute Gasteiger partial charge is 0.416 e. The topological polar surface area (TPSA) is 49.3 Å². The van der Waals surface area contributed by atoms with Gasteiger partial charge in [-0.2, -0.15) is 13.2 Å². The summed E-state index contributed by atoms with van der Waals surface area (Å²) in [5, 5.41) is 3.65. The summed E-state index contributed by atoms with van der Waals surface area (Å²) in [5.41, 5.74) is 0.915. The lowest BCUT2D eigenvalue weighted by atomic mass is 9.85. The first-order chi connectivity index (χ1) is 13.8. The van der Waals surface area contributed by atoms with Crippen LogP contribution in [0.4, 0.5) is 13.2 Å². The number of carbonyl (C=O) groups excluding carboxylic acids is 1. The molecule has 3 rings (SSSR count). The molecule has 0 aliphatic carbocycles. The Balaban J connectivity index is 2.01. The Morgan fingerprint density at radius 3 is 2.48 bits per heavy atom. The molecule has 0 bridgehead atoms. The van der Waals surface area contributed by atoms with Crippen LogP contribution in [0.15, 0.2) is 54.7 Å². The van der Waals surface area contributed by atoms with Gasteiger partial charge in [-0.05, 0) is 23.3 Å². The highest BCUT2D eigenvalue weighted by atomic mass is 19.4. The van der Waals surface area contributed by atoms with E-state index in [1.807, 2.05) is 38.4 Å². The van der Waals surface area contributed by atoms with Gasteiger partial charge >= 0.3 is 6.18 Å². The normalized spacial score (nSPS) is 13.0. The third-order valence-corrected chi connectivity index (χ3v) is 4.97. The predicted molar refractivity (Wildman–Crippen MR) is 107 cm³/mol. The number of aromatic nitrogens is 1. The van der Waals surface area contributed by atoms with Gasteiger partial charge in [0.2, 0.25) is 5.91 Å². The molecule has 154 valence electrons. The molecule has 0 fully saturated rings. The number of alkyl halides is 3.